The van der Waals surface area contributed by atoms with E-state index in [1.54, 1.807) is 0 Å². The lowest BCUT2D eigenvalue weighted by Gasteiger charge is -2.01. The molecular formula is C7H11N5S. The normalized spacial score (nSPS) is 17.5. The van der Waals surface area contributed by atoms with Gasteiger partial charge in [-0.1, -0.05) is 4.49 Å². The molecule has 0 aromatic carbocycles. The van der Waals surface area contributed by atoms with Crippen molar-refractivity contribution in [3.8, 4) is 0 Å². The van der Waals surface area contributed by atoms with Crippen molar-refractivity contribution in [2.75, 3.05) is 0 Å². The fraction of sp³-hybridized carbons (Fsp3) is 0.571. The summed E-state index contributed by atoms with van der Waals surface area (Å²) in [6, 6.07) is 0.451. The van der Waals surface area contributed by atoms with Gasteiger partial charge in [-0.3, -0.25) is 4.99 Å². The molecule has 1 aromatic rings. The Hall–Kier alpha value is -1.01. The van der Waals surface area contributed by atoms with E-state index in [-0.39, 0.29) is 0 Å². The lowest BCUT2D eigenvalue weighted by atomic mass is 10.4. The number of nitrogens with zero attached hydrogens (tertiary/aromatic N) is 3. The van der Waals surface area contributed by atoms with Crippen LogP contribution in [0, 0.1) is 6.92 Å². The van der Waals surface area contributed by atoms with Crippen LogP contribution in [0.25, 0.3) is 0 Å². The summed E-state index contributed by atoms with van der Waals surface area (Å²) in [6.45, 7) is 1.90. The van der Waals surface area contributed by atoms with E-state index in [2.05, 4.69) is 20.0 Å². The van der Waals surface area contributed by atoms with Gasteiger partial charge < -0.3 is 5.43 Å². The number of nitrogens with one attached hydrogen (secondary N) is 1. The van der Waals surface area contributed by atoms with Gasteiger partial charge in [-0.05, 0) is 31.3 Å². The van der Waals surface area contributed by atoms with Crippen molar-refractivity contribution in [2.45, 2.75) is 25.8 Å². The van der Waals surface area contributed by atoms with E-state index in [1.807, 2.05) is 6.92 Å². The van der Waals surface area contributed by atoms with Gasteiger partial charge in [-0.25, -0.2) is 5.84 Å². The van der Waals surface area contributed by atoms with Crippen LogP contribution in [0.2, 0.25) is 0 Å². The molecule has 5 nitrogen and oxygen atoms in total. The van der Waals surface area contributed by atoms with Crippen LogP contribution in [0.15, 0.2) is 4.99 Å². The van der Waals surface area contributed by atoms with E-state index >= 15 is 0 Å². The summed E-state index contributed by atoms with van der Waals surface area (Å²) in [5.74, 6) is 6.10. The Morgan fingerprint density at radius 3 is 2.92 bits per heavy atom. The number of aryl methyl sites for hydroxylation is 1. The van der Waals surface area contributed by atoms with Gasteiger partial charge in [0.25, 0.3) is 0 Å². The van der Waals surface area contributed by atoms with Gasteiger partial charge in [-0.15, -0.1) is 5.10 Å². The van der Waals surface area contributed by atoms with E-state index in [0.29, 0.717) is 6.04 Å². The molecule has 1 aliphatic carbocycles. The van der Waals surface area contributed by atoms with E-state index in [9.17, 15) is 0 Å². The first kappa shape index (κ1) is 8.58. The largest absolute Gasteiger partial charge is 0.307 e. The monoisotopic (exact) mass is 197 g/mol. The lowest BCUT2D eigenvalue weighted by molar-refractivity contribution is 0.970. The first-order valence-electron chi connectivity index (χ1n) is 4.15. The smallest absolute Gasteiger partial charge is 0.156 e. The summed E-state index contributed by atoms with van der Waals surface area (Å²) < 4.78 is 3.83. The third-order valence-electron chi connectivity index (χ3n) is 1.86. The molecule has 1 fully saturated rings. The molecule has 0 bridgehead atoms. The average Bonchev–Trinajstić information content (AvgIpc) is 2.85. The average molecular weight is 197 g/mol. The number of rotatable bonds is 2. The van der Waals surface area contributed by atoms with E-state index in [1.165, 1.54) is 11.5 Å². The van der Waals surface area contributed by atoms with Gasteiger partial charge in [0.1, 0.15) is 4.88 Å². The molecule has 1 saturated carbocycles. The van der Waals surface area contributed by atoms with Crippen molar-refractivity contribution in [1.29, 1.82) is 0 Å². The van der Waals surface area contributed by atoms with Gasteiger partial charge in [0.05, 0.1) is 11.7 Å². The second-order valence-electron chi connectivity index (χ2n) is 3.04. The molecule has 0 unspecified atom stereocenters. The molecule has 13 heavy (non-hydrogen) atoms. The summed E-state index contributed by atoms with van der Waals surface area (Å²) in [4.78, 5) is 5.36. The molecule has 2 rings (SSSR count). The van der Waals surface area contributed by atoms with Crippen molar-refractivity contribution >= 4 is 17.4 Å². The predicted octanol–water partition coefficient (Wildman–Crippen LogP) is 0.219. The molecule has 0 saturated heterocycles. The van der Waals surface area contributed by atoms with Crippen LogP contribution in [-0.2, 0) is 0 Å². The Balaban J connectivity index is 2.25. The Kier molecular flexibility index (Phi) is 2.24. The number of amidine groups is 1. The second kappa shape index (κ2) is 3.39. The van der Waals surface area contributed by atoms with Gasteiger partial charge in [0.2, 0.25) is 0 Å². The third-order valence-corrected chi connectivity index (χ3v) is 2.70. The summed E-state index contributed by atoms with van der Waals surface area (Å²) in [7, 11) is 0. The fourth-order valence-corrected chi connectivity index (χ4v) is 1.61. The highest BCUT2D eigenvalue weighted by Crippen LogP contribution is 2.24. The minimum atomic E-state index is 0.451. The molecule has 0 atom stereocenters. The molecule has 0 spiro atoms. The molecule has 0 amide bonds. The highest BCUT2D eigenvalue weighted by Gasteiger charge is 2.22. The molecule has 0 aliphatic heterocycles. The van der Waals surface area contributed by atoms with Crippen molar-refractivity contribution < 1.29 is 0 Å². The number of hydrogen-bond acceptors (Lipinski definition) is 5. The van der Waals surface area contributed by atoms with Crippen LogP contribution < -0.4 is 11.3 Å². The zero-order valence-electron chi connectivity index (χ0n) is 7.32. The molecular weight excluding hydrogens is 186 g/mol. The Labute approximate surface area is 80.2 Å². The maximum Gasteiger partial charge on any atom is 0.156 e. The molecule has 3 N–H and O–H groups in total. The first-order chi connectivity index (χ1) is 6.31. The highest BCUT2D eigenvalue weighted by molar-refractivity contribution is 7.08. The van der Waals surface area contributed by atoms with Gasteiger partial charge >= 0.3 is 0 Å². The Bertz CT molecular complexity index is 327. The molecule has 70 valence electrons. The van der Waals surface area contributed by atoms with Crippen LogP contribution in [0.3, 0.4) is 0 Å². The van der Waals surface area contributed by atoms with Crippen LogP contribution >= 0.6 is 11.5 Å². The van der Waals surface area contributed by atoms with Crippen LogP contribution in [0.4, 0.5) is 0 Å². The van der Waals surface area contributed by atoms with Gasteiger partial charge in [-0.2, -0.15) is 0 Å². The Morgan fingerprint density at radius 2 is 2.46 bits per heavy atom. The Morgan fingerprint density at radius 1 is 1.69 bits per heavy atom. The van der Waals surface area contributed by atoms with Gasteiger partial charge in [0, 0.05) is 0 Å². The second-order valence-corrected chi connectivity index (χ2v) is 3.79. The SMILES string of the molecule is Cc1nnsc1C(=NC1CC1)NN. The number of aromatic nitrogens is 2. The number of nitrogens with two attached hydrogens (primary N) is 1. The van der Waals surface area contributed by atoms with Crippen LogP contribution in [0.1, 0.15) is 23.4 Å². The minimum Gasteiger partial charge on any atom is -0.307 e. The van der Waals surface area contributed by atoms with E-state index < -0.39 is 0 Å². The predicted molar refractivity (Wildman–Crippen MR) is 51.5 cm³/mol. The van der Waals surface area contributed by atoms with Crippen molar-refractivity contribution in [3.63, 3.8) is 0 Å². The molecule has 1 aliphatic rings. The number of aliphatic imine (C=N–C) groups is 1. The van der Waals surface area contributed by atoms with E-state index in [4.69, 9.17) is 5.84 Å². The molecule has 1 heterocycles. The molecule has 6 heteroatoms. The maximum absolute atomic E-state index is 5.38. The fourth-order valence-electron chi connectivity index (χ4n) is 0.996. The summed E-state index contributed by atoms with van der Waals surface area (Å²) in [5, 5.41) is 3.91. The summed E-state index contributed by atoms with van der Waals surface area (Å²) >= 11 is 1.32. The van der Waals surface area contributed by atoms with E-state index in [0.717, 1.165) is 29.2 Å². The molecule has 1 aromatic heterocycles. The number of hydrogen-bond donors (Lipinski definition) is 2. The maximum atomic E-state index is 5.38. The minimum absolute atomic E-state index is 0.451. The highest BCUT2D eigenvalue weighted by atomic mass is 32.1. The van der Waals surface area contributed by atoms with Crippen molar-refractivity contribution in [1.82, 2.24) is 15.0 Å². The van der Waals surface area contributed by atoms with Gasteiger partial charge in [0.15, 0.2) is 5.84 Å². The lowest BCUT2D eigenvalue weighted by Crippen LogP contribution is -2.31. The van der Waals surface area contributed by atoms with Crippen molar-refractivity contribution in [3.05, 3.63) is 10.6 Å². The topological polar surface area (TPSA) is 76.2 Å². The zero-order chi connectivity index (χ0) is 9.26. The van der Waals surface area contributed by atoms with Crippen LogP contribution in [0.5, 0.6) is 0 Å². The third kappa shape index (κ3) is 1.84. The zero-order valence-corrected chi connectivity index (χ0v) is 8.14. The quantitative estimate of drug-likeness (QED) is 0.308. The summed E-state index contributed by atoms with van der Waals surface area (Å²) in [5.41, 5.74) is 3.47. The summed E-state index contributed by atoms with van der Waals surface area (Å²) in [6.07, 6.45) is 2.33. The standard InChI is InChI=1S/C7H11N5S/c1-4-6(13-12-11-4)7(10-8)9-5-2-3-5/h5H,2-3,8H2,1H3,(H,9,10). The first-order valence-corrected chi connectivity index (χ1v) is 4.92. The molecule has 0 radical (unpaired) electrons. The van der Waals surface area contributed by atoms with Crippen molar-refractivity contribution in [2.24, 2.45) is 10.8 Å². The number of hydrazine groups is 1. The van der Waals surface area contributed by atoms with Crippen LogP contribution in [-0.4, -0.2) is 21.5 Å².